The second-order valence-corrected chi connectivity index (χ2v) is 5.87. The standard InChI is InChI=1S/C12H28NO/c1-8-12(3,4)11(2)14-10-9-13(5,6)7/h11H,8-10H2,1-7H3/q+1. The molecule has 0 saturated carbocycles. The van der Waals surface area contributed by atoms with Crippen LogP contribution in [0.15, 0.2) is 0 Å². The highest BCUT2D eigenvalue weighted by atomic mass is 16.5. The Morgan fingerprint density at radius 1 is 1.21 bits per heavy atom. The molecular weight excluding hydrogens is 174 g/mol. The summed E-state index contributed by atoms with van der Waals surface area (Å²) in [6, 6.07) is 0. The van der Waals surface area contributed by atoms with Crippen molar-refractivity contribution in [1.29, 1.82) is 0 Å². The summed E-state index contributed by atoms with van der Waals surface area (Å²) in [6.45, 7) is 10.9. The van der Waals surface area contributed by atoms with E-state index in [1.807, 2.05) is 0 Å². The molecule has 0 aromatic heterocycles. The van der Waals surface area contributed by atoms with Gasteiger partial charge in [0, 0.05) is 0 Å². The van der Waals surface area contributed by atoms with Crippen LogP contribution >= 0.6 is 0 Å². The van der Waals surface area contributed by atoms with Crippen molar-refractivity contribution in [1.82, 2.24) is 0 Å². The van der Waals surface area contributed by atoms with E-state index < -0.39 is 0 Å². The number of nitrogens with zero attached hydrogens (tertiary/aromatic N) is 1. The van der Waals surface area contributed by atoms with Gasteiger partial charge in [-0.15, -0.1) is 0 Å². The molecule has 0 aromatic rings. The van der Waals surface area contributed by atoms with Crippen LogP contribution in [0.4, 0.5) is 0 Å². The Bertz CT molecular complexity index is 158. The van der Waals surface area contributed by atoms with Crippen molar-refractivity contribution in [3.63, 3.8) is 0 Å². The lowest BCUT2D eigenvalue weighted by molar-refractivity contribution is -0.870. The molecule has 0 saturated heterocycles. The van der Waals surface area contributed by atoms with Gasteiger partial charge in [0.2, 0.25) is 0 Å². The summed E-state index contributed by atoms with van der Waals surface area (Å²) in [5.74, 6) is 0. The maximum atomic E-state index is 5.86. The minimum Gasteiger partial charge on any atom is -0.372 e. The number of rotatable bonds is 6. The van der Waals surface area contributed by atoms with E-state index in [2.05, 4.69) is 48.8 Å². The third-order valence-corrected chi connectivity index (χ3v) is 3.14. The molecule has 0 aliphatic rings. The van der Waals surface area contributed by atoms with Gasteiger partial charge in [-0.3, -0.25) is 0 Å². The maximum Gasteiger partial charge on any atom is 0.102 e. The fourth-order valence-corrected chi connectivity index (χ4v) is 1.02. The molecule has 0 bridgehead atoms. The lowest BCUT2D eigenvalue weighted by Crippen LogP contribution is -2.39. The SMILES string of the molecule is CCC(C)(C)C(C)OCC[N+](C)(C)C. The number of quaternary nitrogens is 1. The van der Waals surface area contributed by atoms with Gasteiger partial charge < -0.3 is 9.22 Å². The Balaban J connectivity index is 3.80. The van der Waals surface area contributed by atoms with Crippen LogP contribution in [-0.2, 0) is 4.74 Å². The van der Waals surface area contributed by atoms with E-state index >= 15 is 0 Å². The average Bonchev–Trinajstić information content (AvgIpc) is 2.02. The van der Waals surface area contributed by atoms with Crippen LogP contribution in [0.5, 0.6) is 0 Å². The molecule has 0 aliphatic carbocycles. The predicted octanol–water partition coefficient (Wildman–Crippen LogP) is 2.53. The highest BCUT2D eigenvalue weighted by molar-refractivity contribution is 4.73. The van der Waals surface area contributed by atoms with Crippen LogP contribution in [-0.4, -0.2) is 44.9 Å². The van der Waals surface area contributed by atoms with E-state index in [1.54, 1.807) is 0 Å². The third-order valence-electron chi connectivity index (χ3n) is 3.14. The first kappa shape index (κ1) is 13.9. The van der Waals surface area contributed by atoms with Crippen molar-refractivity contribution >= 4 is 0 Å². The fourth-order valence-electron chi connectivity index (χ4n) is 1.02. The van der Waals surface area contributed by atoms with E-state index in [9.17, 15) is 0 Å². The van der Waals surface area contributed by atoms with Gasteiger partial charge in [-0.2, -0.15) is 0 Å². The lowest BCUT2D eigenvalue weighted by atomic mass is 9.85. The van der Waals surface area contributed by atoms with Gasteiger partial charge in [-0.25, -0.2) is 0 Å². The Morgan fingerprint density at radius 2 is 1.71 bits per heavy atom. The van der Waals surface area contributed by atoms with E-state index in [1.165, 1.54) is 6.42 Å². The monoisotopic (exact) mass is 202 g/mol. The Morgan fingerprint density at radius 3 is 2.07 bits per heavy atom. The number of ether oxygens (including phenoxy) is 1. The van der Waals surface area contributed by atoms with E-state index in [-0.39, 0.29) is 0 Å². The molecule has 0 fully saturated rings. The summed E-state index contributed by atoms with van der Waals surface area (Å²) < 4.78 is 6.83. The zero-order valence-electron chi connectivity index (χ0n) is 11.1. The van der Waals surface area contributed by atoms with E-state index in [0.29, 0.717) is 11.5 Å². The van der Waals surface area contributed by atoms with Gasteiger partial charge in [-0.05, 0) is 18.8 Å². The van der Waals surface area contributed by atoms with Crippen molar-refractivity contribution in [2.24, 2.45) is 5.41 Å². The summed E-state index contributed by atoms with van der Waals surface area (Å²) in [4.78, 5) is 0. The minimum atomic E-state index is 0.297. The van der Waals surface area contributed by atoms with Crippen molar-refractivity contribution < 1.29 is 9.22 Å². The molecule has 0 aliphatic heterocycles. The molecule has 0 radical (unpaired) electrons. The fraction of sp³-hybridized carbons (Fsp3) is 1.00. The quantitative estimate of drug-likeness (QED) is 0.601. The smallest absolute Gasteiger partial charge is 0.102 e. The zero-order valence-corrected chi connectivity index (χ0v) is 11.1. The zero-order chi connectivity index (χ0) is 11.4. The molecule has 1 unspecified atom stereocenters. The normalized spacial score (nSPS) is 15.6. The van der Waals surface area contributed by atoms with Crippen LogP contribution < -0.4 is 0 Å². The summed E-state index contributed by atoms with van der Waals surface area (Å²) in [5.41, 5.74) is 0.297. The van der Waals surface area contributed by atoms with Crippen molar-refractivity contribution in [3.8, 4) is 0 Å². The lowest BCUT2D eigenvalue weighted by Gasteiger charge is -2.32. The Kier molecular flexibility index (Phi) is 5.10. The molecule has 2 nitrogen and oxygen atoms in total. The predicted molar refractivity (Wildman–Crippen MR) is 62.4 cm³/mol. The first-order valence-corrected chi connectivity index (χ1v) is 5.61. The molecule has 0 rings (SSSR count). The summed E-state index contributed by atoms with van der Waals surface area (Å²) in [5, 5.41) is 0. The molecular formula is C12H28NO+. The van der Waals surface area contributed by atoms with Crippen molar-refractivity contribution in [2.45, 2.75) is 40.2 Å². The molecule has 0 N–H and O–H groups in total. The summed E-state index contributed by atoms with van der Waals surface area (Å²) >= 11 is 0. The topological polar surface area (TPSA) is 9.23 Å². The van der Waals surface area contributed by atoms with Crippen LogP contribution in [0, 0.1) is 5.41 Å². The largest absolute Gasteiger partial charge is 0.372 e. The van der Waals surface area contributed by atoms with E-state index in [0.717, 1.165) is 17.6 Å². The van der Waals surface area contributed by atoms with Crippen LogP contribution in [0.3, 0.4) is 0 Å². The van der Waals surface area contributed by atoms with Gasteiger partial charge in [0.15, 0.2) is 0 Å². The molecule has 0 aromatic carbocycles. The Hall–Kier alpha value is -0.0800. The van der Waals surface area contributed by atoms with Gasteiger partial charge in [0.1, 0.15) is 6.54 Å². The summed E-state index contributed by atoms with van der Waals surface area (Å²) in [7, 11) is 6.58. The van der Waals surface area contributed by atoms with Gasteiger partial charge in [0.25, 0.3) is 0 Å². The highest BCUT2D eigenvalue weighted by Gasteiger charge is 2.24. The van der Waals surface area contributed by atoms with Gasteiger partial charge >= 0.3 is 0 Å². The third kappa shape index (κ3) is 5.61. The average molecular weight is 202 g/mol. The molecule has 0 spiro atoms. The van der Waals surface area contributed by atoms with Crippen LogP contribution in [0.2, 0.25) is 0 Å². The molecule has 1 atom stereocenters. The molecule has 14 heavy (non-hydrogen) atoms. The number of hydrogen-bond acceptors (Lipinski definition) is 1. The minimum absolute atomic E-state index is 0.297. The van der Waals surface area contributed by atoms with Crippen molar-refractivity contribution in [2.75, 3.05) is 34.3 Å². The van der Waals surface area contributed by atoms with E-state index in [4.69, 9.17) is 4.74 Å². The first-order chi connectivity index (χ1) is 6.19. The molecule has 0 amide bonds. The summed E-state index contributed by atoms with van der Waals surface area (Å²) in [6.07, 6.45) is 1.51. The number of likely N-dealkylation sites (N-methyl/N-ethyl adjacent to an activating group) is 1. The first-order valence-electron chi connectivity index (χ1n) is 5.61. The van der Waals surface area contributed by atoms with Crippen molar-refractivity contribution in [3.05, 3.63) is 0 Å². The molecule has 2 heteroatoms. The number of hydrogen-bond donors (Lipinski definition) is 0. The van der Waals surface area contributed by atoms with Crippen LogP contribution in [0.1, 0.15) is 34.1 Å². The second-order valence-electron chi connectivity index (χ2n) is 5.87. The second kappa shape index (κ2) is 5.13. The highest BCUT2D eigenvalue weighted by Crippen LogP contribution is 2.26. The molecule has 86 valence electrons. The van der Waals surface area contributed by atoms with Crippen LogP contribution in [0.25, 0.3) is 0 Å². The van der Waals surface area contributed by atoms with Gasteiger partial charge in [-0.1, -0.05) is 20.8 Å². The Labute approximate surface area is 89.8 Å². The molecule has 0 heterocycles. The van der Waals surface area contributed by atoms with Gasteiger partial charge in [0.05, 0.1) is 33.9 Å². The maximum absolute atomic E-state index is 5.86.